The molecular formula is C12H9F3N4OS. The zero-order valence-corrected chi connectivity index (χ0v) is 11.2. The van der Waals surface area contributed by atoms with Crippen molar-refractivity contribution >= 4 is 28.7 Å². The van der Waals surface area contributed by atoms with E-state index in [1.807, 2.05) is 0 Å². The molecule has 0 aliphatic heterocycles. The summed E-state index contributed by atoms with van der Waals surface area (Å²) in [6.45, 7) is 0. The molecule has 0 aliphatic rings. The molecule has 0 unspecified atom stereocenters. The standard InChI is InChI=1S/C12H9F3N4OS/c13-12(14,15)20-8-4-2-1-3-7(8)19-11-9(10(16)21)17-5-6-18-11/h1-6H,(H2,16,21)(H,18,19). The maximum Gasteiger partial charge on any atom is 0.573 e. The van der Waals surface area contributed by atoms with Gasteiger partial charge in [0.2, 0.25) is 0 Å². The van der Waals surface area contributed by atoms with Crippen LogP contribution in [-0.2, 0) is 0 Å². The molecule has 1 aromatic carbocycles. The summed E-state index contributed by atoms with van der Waals surface area (Å²) < 4.78 is 41.0. The zero-order chi connectivity index (χ0) is 15.5. The first-order valence-corrected chi connectivity index (χ1v) is 6.00. The van der Waals surface area contributed by atoms with Crippen molar-refractivity contribution in [3.8, 4) is 5.75 Å². The number of rotatable bonds is 4. The Balaban J connectivity index is 2.35. The summed E-state index contributed by atoms with van der Waals surface area (Å²) in [5.41, 5.74) is 5.72. The normalized spacial score (nSPS) is 11.0. The first-order chi connectivity index (χ1) is 9.87. The van der Waals surface area contributed by atoms with Crippen molar-refractivity contribution in [3.05, 3.63) is 42.4 Å². The Morgan fingerprint density at radius 3 is 2.52 bits per heavy atom. The maximum atomic E-state index is 12.3. The predicted octanol–water partition coefficient (Wildman–Crippen LogP) is 2.75. The van der Waals surface area contributed by atoms with E-state index in [0.717, 1.165) is 0 Å². The number of nitrogens with two attached hydrogens (primary N) is 1. The fourth-order valence-corrected chi connectivity index (χ4v) is 1.67. The second kappa shape index (κ2) is 5.92. The number of halogens is 3. The van der Waals surface area contributed by atoms with Crippen LogP contribution >= 0.6 is 12.2 Å². The molecule has 0 aliphatic carbocycles. The number of para-hydroxylation sites is 2. The Morgan fingerprint density at radius 1 is 1.19 bits per heavy atom. The monoisotopic (exact) mass is 314 g/mol. The molecule has 1 aromatic heterocycles. The molecular weight excluding hydrogens is 305 g/mol. The van der Waals surface area contributed by atoms with Crippen LogP contribution in [0.5, 0.6) is 5.75 Å². The van der Waals surface area contributed by atoms with Gasteiger partial charge >= 0.3 is 6.36 Å². The molecule has 2 aromatic rings. The van der Waals surface area contributed by atoms with Gasteiger partial charge in [-0.1, -0.05) is 24.4 Å². The highest BCUT2D eigenvalue weighted by molar-refractivity contribution is 7.80. The molecule has 3 N–H and O–H groups in total. The third kappa shape index (κ3) is 4.02. The number of hydrogen-bond acceptors (Lipinski definition) is 5. The minimum absolute atomic E-state index is 0.0279. The molecule has 0 fully saturated rings. The fourth-order valence-electron chi connectivity index (χ4n) is 1.52. The lowest BCUT2D eigenvalue weighted by atomic mass is 10.3. The minimum atomic E-state index is -4.80. The molecule has 5 nitrogen and oxygen atoms in total. The first kappa shape index (κ1) is 15.0. The zero-order valence-electron chi connectivity index (χ0n) is 10.4. The summed E-state index contributed by atoms with van der Waals surface area (Å²) in [7, 11) is 0. The third-order valence-electron chi connectivity index (χ3n) is 2.30. The van der Waals surface area contributed by atoms with Gasteiger partial charge in [-0.3, -0.25) is 0 Å². The molecule has 21 heavy (non-hydrogen) atoms. The van der Waals surface area contributed by atoms with Gasteiger partial charge in [-0.2, -0.15) is 0 Å². The van der Waals surface area contributed by atoms with Gasteiger partial charge in [0.25, 0.3) is 0 Å². The summed E-state index contributed by atoms with van der Waals surface area (Å²) in [6.07, 6.45) is -2.07. The number of nitrogens with zero attached hydrogens (tertiary/aromatic N) is 2. The Labute approximate surface area is 123 Å². The largest absolute Gasteiger partial charge is 0.573 e. The van der Waals surface area contributed by atoms with Crippen LogP contribution < -0.4 is 15.8 Å². The van der Waals surface area contributed by atoms with Gasteiger partial charge in [-0.05, 0) is 12.1 Å². The summed E-state index contributed by atoms with van der Waals surface area (Å²) in [5.74, 6) is -0.257. The van der Waals surface area contributed by atoms with Crippen molar-refractivity contribution in [3.63, 3.8) is 0 Å². The molecule has 0 radical (unpaired) electrons. The Bertz CT molecular complexity index is 663. The number of ether oxygens (including phenoxy) is 1. The van der Waals surface area contributed by atoms with Crippen LogP contribution in [0.3, 0.4) is 0 Å². The van der Waals surface area contributed by atoms with E-state index >= 15 is 0 Å². The van der Waals surface area contributed by atoms with Crippen molar-refractivity contribution in [1.82, 2.24) is 9.97 Å². The van der Waals surface area contributed by atoms with E-state index in [9.17, 15) is 13.2 Å². The van der Waals surface area contributed by atoms with E-state index in [2.05, 4.69) is 20.0 Å². The van der Waals surface area contributed by atoms with Crippen molar-refractivity contribution < 1.29 is 17.9 Å². The smallest absolute Gasteiger partial charge is 0.404 e. The van der Waals surface area contributed by atoms with Crippen LogP contribution in [-0.4, -0.2) is 21.3 Å². The second-order valence-corrected chi connectivity index (χ2v) is 4.23. The SMILES string of the molecule is NC(=S)c1nccnc1Nc1ccccc1OC(F)(F)F. The number of anilines is 2. The number of alkyl halides is 3. The summed E-state index contributed by atoms with van der Waals surface area (Å²) in [6, 6.07) is 5.53. The molecule has 0 atom stereocenters. The van der Waals surface area contributed by atoms with E-state index in [1.54, 1.807) is 6.07 Å². The summed E-state index contributed by atoms with van der Waals surface area (Å²) in [5, 5.41) is 2.68. The summed E-state index contributed by atoms with van der Waals surface area (Å²) in [4.78, 5) is 7.85. The van der Waals surface area contributed by atoms with Gasteiger partial charge in [0.15, 0.2) is 11.6 Å². The topological polar surface area (TPSA) is 73.1 Å². The van der Waals surface area contributed by atoms with Crippen LogP contribution in [0.2, 0.25) is 0 Å². The number of benzene rings is 1. The van der Waals surface area contributed by atoms with Gasteiger partial charge in [0.05, 0.1) is 5.69 Å². The Hall–Kier alpha value is -2.42. The molecule has 9 heteroatoms. The van der Waals surface area contributed by atoms with Gasteiger partial charge in [-0.15, -0.1) is 13.2 Å². The highest BCUT2D eigenvalue weighted by Gasteiger charge is 2.32. The van der Waals surface area contributed by atoms with Gasteiger partial charge in [0.1, 0.15) is 10.7 Å². The molecule has 110 valence electrons. The van der Waals surface area contributed by atoms with Crippen LogP contribution in [0.15, 0.2) is 36.7 Å². The molecule has 0 saturated carbocycles. The molecule has 1 heterocycles. The van der Waals surface area contributed by atoms with Crippen LogP contribution in [0.4, 0.5) is 24.7 Å². The quantitative estimate of drug-likeness (QED) is 0.846. The van der Waals surface area contributed by atoms with E-state index in [4.69, 9.17) is 18.0 Å². The number of aromatic nitrogens is 2. The van der Waals surface area contributed by atoms with Crippen molar-refractivity contribution in [2.24, 2.45) is 5.73 Å². The number of hydrogen-bond donors (Lipinski definition) is 2. The van der Waals surface area contributed by atoms with E-state index in [-0.39, 0.29) is 22.2 Å². The van der Waals surface area contributed by atoms with E-state index in [1.165, 1.54) is 30.6 Å². The first-order valence-electron chi connectivity index (χ1n) is 5.59. The fraction of sp³-hybridized carbons (Fsp3) is 0.0833. The average molecular weight is 314 g/mol. The van der Waals surface area contributed by atoms with Crippen molar-refractivity contribution in [2.45, 2.75) is 6.36 Å². The van der Waals surface area contributed by atoms with Crippen molar-refractivity contribution in [2.75, 3.05) is 5.32 Å². The Morgan fingerprint density at radius 2 is 1.86 bits per heavy atom. The molecule has 2 rings (SSSR count). The lowest BCUT2D eigenvalue weighted by molar-refractivity contribution is -0.274. The van der Waals surface area contributed by atoms with Crippen LogP contribution in [0.25, 0.3) is 0 Å². The molecule has 0 saturated heterocycles. The van der Waals surface area contributed by atoms with Gasteiger partial charge < -0.3 is 15.8 Å². The number of thiocarbonyl (C=S) groups is 1. The van der Waals surface area contributed by atoms with E-state index in [0.29, 0.717) is 0 Å². The lowest BCUT2D eigenvalue weighted by Crippen LogP contribution is -2.18. The van der Waals surface area contributed by atoms with Gasteiger partial charge in [0, 0.05) is 12.4 Å². The molecule has 0 bridgehead atoms. The van der Waals surface area contributed by atoms with Crippen LogP contribution in [0, 0.1) is 0 Å². The van der Waals surface area contributed by atoms with Crippen LogP contribution in [0.1, 0.15) is 5.69 Å². The lowest BCUT2D eigenvalue weighted by Gasteiger charge is -2.15. The predicted molar refractivity (Wildman–Crippen MR) is 74.3 cm³/mol. The highest BCUT2D eigenvalue weighted by atomic mass is 32.1. The third-order valence-corrected chi connectivity index (χ3v) is 2.49. The second-order valence-electron chi connectivity index (χ2n) is 3.79. The van der Waals surface area contributed by atoms with Gasteiger partial charge in [-0.25, -0.2) is 9.97 Å². The Kier molecular flexibility index (Phi) is 4.22. The minimum Gasteiger partial charge on any atom is -0.404 e. The van der Waals surface area contributed by atoms with Crippen molar-refractivity contribution in [1.29, 1.82) is 0 Å². The number of nitrogens with one attached hydrogen (secondary N) is 1. The summed E-state index contributed by atoms with van der Waals surface area (Å²) >= 11 is 4.81. The molecule has 0 spiro atoms. The highest BCUT2D eigenvalue weighted by Crippen LogP contribution is 2.31. The van der Waals surface area contributed by atoms with E-state index < -0.39 is 12.1 Å². The average Bonchev–Trinajstić information content (AvgIpc) is 2.40. The maximum absolute atomic E-state index is 12.3. The molecule has 0 amide bonds.